The lowest BCUT2D eigenvalue weighted by Crippen LogP contribution is -2.57. The highest BCUT2D eigenvalue weighted by molar-refractivity contribution is 7.87. The van der Waals surface area contributed by atoms with Crippen molar-refractivity contribution in [1.82, 2.24) is 9.47 Å². The summed E-state index contributed by atoms with van der Waals surface area (Å²) in [6, 6.07) is 18.0. The highest BCUT2D eigenvalue weighted by atomic mass is 35.5. The first-order valence-corrected chi connectivity index (χ1v) is 18.1. The minimum atomic E-state index is -4.36. The summed E-state index contributed by atoms with van der Waals surface area (Å²) in [7, 11) is -8.72. The van der Waals surface area contributed by atoms with Gasteiger partial charge in [0.05, 0.1) is 41.1 Å². The smallest absolute Gasteiger partial charge is 0.410 e. The molecule has 5 rings (SSSR count). The van der Waals surface area contributed by atoms with Crippen LogP contribution >= 0.6 is 11.6 Å². The molecule has 256 valence electrons. The van der Waals surface area contributed by atoms with Gasteiger partial charge in [0.1, 0.15) is 17.0 Å². The molecule has 0 unspecified atom stereocenters. The first-order chi connectivity index (χ1) is 22.4. The van der Waals surface area contributed by atoms with E-state index in [-0.39, 0.29) is 27.9 Å². The first-order valence-electron chi connectivity index (χ1n) is 14.9. The molecule has 10 nitrogen and oxygen atoms in total. The Labute approximate surface area is 285 Å². The molecule has 48 heavy (non-hydrogen) atoms. The molecule has 1 amide bonds. The summed E-state index contributed by atoms with van der Waals surface area (Å²) in [5, 5.41) is -0.113. The lowest BCUT2D eigenvalue weighted by atomic mass is 9.98. The van der Waals surface area contributed by atoms with Crippen molar-refractivity contribution in [2.24, 2.45) is 0 Å². The van der Waals surface area contributed by atoms with Crippen LogP contribution in [0, 0.1) is 19.7 Å². The number of halogens is 2. The maximum atomic E-state index is 14.0. The molecule has 0 saturated heterocycles. The first kappa shape index (κ1) is 35.6. The van der Waals surface area contributed by atoms with Gasteiger partial charge in [-0.15, -0.1) is 0 Å². The number of nitrogens with zero attached hydrogens (tertiary/aromatic N) is 2. The van der Waals surface area contributed by atoms with Gasteiger partial charge in [0.25, 0.3) is 20.2 Å². The van der Waals surface area contributed by atoms with Gasteiger partial charge in [-0.3, -0.25) is 13.3 Å². The van der Waals surface area contributed by atoms with Crippen molar-refractivity contribution >= 4 is 37.9 Å². The molecule has 0 spiro atoms. The van der Waals surface area contributed by atoms with Gasteiger partial charge in [-0.25, -0.2) is 9.18 Å². The largest absolute Gasteiger partial charge is 0.444 e. The maximum absolute atomic E-state index is 14.0. The van der Waals surface area contributed by atoms with Crippen molar-refractivity contribution in [2.75, 3.05) is 19.8 Å². The number of aromatic nitrogens is 1. The van der Waals surface area contributed by atoms with Crippen LogP contribution in [0.1, 0.15) is 37.6 Å². The summed E-state index contributed by atoms with van der Waals surface area (Å²) in [6.07, 6.45) is 0.933. The number of fused-ring (bicyclic) bond motifs is 1. The average Bonchev–Trinajstić information content (AvgIpc) is 3.45. The minimum Gasteiger partial charge on any atom is -0.444 e. The molecule has 0 radical (unpaired) electrons. The number of hydrogen-bond donors (Lipinski definition) is 0. The molecule has 0 saturated carbocycles. The molecular formula is C34H36ClFN2O8S2. The van der Waals surface area contributed by atoms with Crippen LogP contribution in [0.3, 0.4) is 0 Å². The number of carbonyl (C=O) groups excluding carboxylic acids is 1. The van der Waals surface area contributed by atoms with E-state index in [4.69, 9.17) is 24.7 Å². The molecular weight excluding hydrogens is 683 g/mol. The SMILES string of the molecule is Cc1ccc(S(=O)(=O)OCC2(COS(=O)(=O)c3ccc(C)cc3)CN(C(=O)OC(C)(C)C)Cc3cc(-c4ccc(F)c(Cl)c4)cn32)cc1. The van der Waals surface area contributed by atoms with Crippen LogP contribution in [0.15, 0.2) is 88.8 Å². The van der Waals surface area contributed by atoms with Crippen LogP contribution in [-0.2, 0) is 45.4 Å². The van der Waals surface area contributed by atoms with Gasteiger partial charge in [0, 0.05) is 11.9 Å². The summed E-state index contributed by atoms with van der Waals surface area (Å²) >= 11 is 6.08. The minimum absolute atomic E-state index is 0.0149. The average molecular weight is 719 g/mol. The van der Waals surface area contributed by atoms with E-state index in [0.717, 1.165) is 11.1 Å². The third kappa shape index (κ3) is 7.92. The zero-order chi connectivity index (χ0) is 35.1. The van der Waals surface area contributed by atoms with E-state index < -0.39 is 56.5 Å². The van der Waals surface area contributed by atoms with E-state index >= 15 is 0 Å². The molecule has 0 atom stereocenters. The van der Waals surface area contributed by atoms with E-state index in [0.29, 0.717) is 16.8 Å². The van der Waals surface area contributed by atoms with Gasteiger partial charge in [-0.2, -0.15) is 16.8 Å². The highest BCUT2D eigenvalue weighted by Gasteiger charge is 2.45. The number of rotatable bonds is 9. The van der Waals surface area contributed by atoms with Gasteiger partial charge >= 0.3 is 6.09 Å². The summed E-state index contributed by atoms with van der Waals surface area (Å²) in [6.45, 7) is 7.24. The van der Waals surface area contributed by atoms with Crippen LogP contribution in [-0.4, -0.2) is 57.8 Å². The molecule has 0 bridgehead atoms. The van der Waals surface area contributed by atoms with E-state index in [1.165, 1.54) is 47.4 Å². The fourth-order valence-electron chi connectivity index (χ4n) is 5.24. The maximum Gasteiger partial charge on any atom is 0.410 e. The molecule has 1 aliphatic heterocycles. The van der Waals surface area contributed by atoms with E-state index in [2.05, 4.69) is 0 Å². The fraction of sp³-hybridized carbons (Fsp3) is 0.324. The molecule has 0 aliphatic carbocycles. The Balaban J connectivity index is 1.62. The predicted octanol–water partition coefficient (Wildman–Crippen LogP) is 6.82. The van der Waals surface area contributed by atoms with Gasteiger partial charge < -0.3 is 9.30 Å². The molecule has 4 aromatic rings. The Bertz CT molecular complexity index is 1960. The second kappa shape index (κ2) is 13.3. The Hall–Kier alpha value is -3.75. The lowest BCUT2D eigenvalue weighted by Gasteiger charge is -2.44. The van der Waals surface area contributed by atoms with Crippen molar-refractivity contribution in [2.45, 2.75) is 62.1 Å². The summed E-state index contributed by atoms with van der Waals surface area (Å²) < 4.78 is 86.4. The van der Waals surface area contributed by atoms with Crippen LogP contribution < -0.4 is 0 Å². The Morgan fingerprint density at radius 1 is 0.833 bits per heavy atom. The molecule has 3 aromatic carbocycles. The summed E-state index contributed by atoms with van der Waals surface area (Å²) in [4.78, 5) is 14.6. The zero-order valence-corrected chi connectivity index (χ0v) is 29.5. The van der Waals surface area contributed by atoms with Crippen LogP contribution in [0.2, 0.25) is 5.02 Å². The molecule has 0 N–H and O–H groups in total. The second-order valence-corrected chi connectivity index (χ2v) is 16.5. The molecule has 2 heterocycles. The van der Waals surface area contributed by atoms with Crippen molar-refractivity contribution in [1.29, 1.82) is 0 Å². The second-order valence-electron chi connectivity index (χ2n) is 12.8. The quantitative estimate of drug-likeness (QED) is 0.173. The summed E-state index contributed by atoms with van der Waals surface area (Å²) in [5.41, 5.74) is 0.743. The van der Waals surface area contributed by atoms with E-state index in [1.807, 2.05) is 13.8 Å². The Morgan fingerprint density at radius 3 is 1.83 bits per heavy atom. The standard InChI is InChI=1S/C34H36ClFN2O8S2/c1-23-6-11-28(12-7-23)47(40,41)44-21-34(22-45-48(42,43)29-13-8-24(2)9-14-29)20-37(32(39)46-33(3,4)5)19-27-16-26(18-38(27)34)25-10-15-31(36)30(35)17-25/h6-18H,19-22H2,1-5H3. The number of carbonyl (C=O) groups is 1. The number of benzene rings is 3. The number of ether oxygens (including phenoxy) is 1. The van der Waals surface area contributed by atoms with E-state index in [9.17, 15) is 26.0 Å². The van der Waals surface area contributed by atoms with Crippen LogP contribution in [0.5, 0.6) is 0 Å². The van der Waals surface area contributed by atoms with Crippen LogP contribution in [0.4, 0.5) is 9.18 Å². The lowest BCUT2D eigenvalue weighted by molar-refractivity contribution is -0.00939. The highest BCUT2D eigenvalue weighted by Crippen LogP contribution is 2.36. The number of amides is 1. The monoisotopic (exact) mass is 718 g/mol. The normalized spacial score (nSPS) is 14.9. The number of aryl methyl sites for hydroxylation is 2. The predicted molar refractivity (Wildman–Crippen MR) is 178 cm³/mol. The van der Waals surface area contributed by atoms with Gasteiger partial charge in [0.2, 0.25) is 0 Å². The Kier molecular flexibility index (Phi) is 9.84. The van der Waals surface area contributed by atoms with Crippen LogP contribution in [0.25, 0.3) is 11.1 Å². The van der Waals surface area contributed by atoms with Crippen molar-refractivity contribution in [3.05, 3.63) is 107 Å². The fourth-order valence-corrected chi connectivity index (χ4v) is 7.38. The third-order valence-corrected chi connectivity index (χ3v) is 10.6. The molecule has 1 aromatic heterocycles. The van der Waals surface area contributed by atoms with E-state index in [1.54, 1.807) is 61.9 Å². The van der Waals surface area contributed by atoms with Gasteiger partial charge in [-0.05, 0) is 88.2 Å². The van der Waals surface area contributed by atoms with Crippen molar-refractivity contribution in [3.8, 4) is 11.1 Å². The Morgan fingerprint density at radius 2 is 1.35 bits per heavy atom. The zero-order valence-electron chi connectivity index (χ0n) is 27.1. The summed E-state index contributed by atoms with van der Waals surface area (Å²) in [5.74, 6) is -0.612. The molecule has 1 aliphatic rings. The van der Waals surface area contributed by atoms with Crippen molar-refractivity contribution < 1.29 is 39.1 Å². The topological polar surface area (TPSA) is 121 Å². The molecule has 14 heteroatoms. The van der Waals surface area contributed by atoms with Gasteiger partial charge in [-0.1, -0.05) is 53.1 Å². The molecule has 0 fully saturated rings. The van der Waals surface area contributed by atoms with Crippen molar-refractivity contribution in [3.63, 3.8) is 0 Å². The van der Waals surface area contributed by atoms with Gasteiger partial charge in [0.15, 0.2) is 0 Å². The number of hydrogen-bond acceptors (Lipinski definition) is 8. The third-order valence-electron chi connectivity index (χ3n) is 7.74.